The molecule has 0 saturated carbocycles. The van der Waals surface area contributed by atoms with Gasteiger partial charge in [0.1, 0.15) is 5.15 Å². The Hall–Kier alpha value is -0.700. The average Bonchev–Trinajstić information content (AvgIpc) is 3.30. The highest BCUT2D eigenvalue weighted by molar-refractivity contribution is 9.10. The maximum absolute atomic E-state index is 6.05. The second kappa shape index (κ2) is 8.60. The highest BCUT2D eigenvalue weighted by atomic mass is 79.9. The summed E-state index contributed by atoms with van der Waals surface area (Å²) in [6.07, 6.45) is 1.04. The topological polar surface area (TPSA) is 60.2 Å². The number of nitrogens with two attached hydrogens (primary N) is 1. The van der Waals surface area contributed by atoms with Gasteiger partial charge < -0.3 is 15.8 Å². The summed E-state index contributed by atoms with van der Waals surface area (Å²) in [6, 6.07) is 6.37. The number of aromatic nitrogens is 1. The number of anilines is 1. The van der Waals surface area contributed by atoms with E-state index in [9.17, 15) is 0 Å². The van der Waals surface area contributed by atoms with E-state index in [-0.39, 0.29) is 0 Å². The first-order valence-electron chi connectivity index (χ1n) is 7.46. The molecule has 3 aromatic rings. The van der Waals surface area contributed by atoms with Crippen molar-refractivity contribution in [2.45, 2.75) is 19.0 Å². The number of hydrogen-bond acceptors (Lipinski definition) is 6. The lowest BCUT2D eigenvalue weighted by atomic mass is 10.3. The van der Waals surface area contributed by atoms with Gasteiger partial charge in [0.15, 0.2) is 0 Å². The molecule has 1 saturated heterocycles. The molecule has 4 nitrogen and oxygen atoms in total. The molecular weight excluding hydrogens is 430 g/mol. The zero-order chi connectivity index (χ0) is 16.9. The number of nitrogens with zero attached hydrogens (tertiary/aromatic N) is 1. The number of thiophene rings is 2. The van der Waals surface area contributed by atoms with E-state index in [0.717, 1.165) is 46.6 Å². The fourth-order valence-electron chi connectivity index (χ4n) is 2.23. The van der Waals surface area contributed by atoms with E-state index in [0.29, 0.717) is 11.2 Å². The molecule has 0 amide bonds. The number of halogens is 2. The first-order valence-corrected chi connectivity index (χ1v) is 10.4. The van der Waals surface area contributed by atoms with Crippen LogP contribution in [0.2, 0.25) is 5.15 Å². The third-order valence-corrected chi connectivity index (χ3v) is 6.43. The highest BCUT2D eigenvalue weighted by Gasteiger charge is 2.10. The lowest BCUT2D eigenvalue weighted by Crippen LogP contribution is -2.18. The van der Waals surface area contributed by atoms with Crippen molar-refractivity contribution in [3.05, 3.63) is 43.5 Å². The molecule has 3 aromatic heterocycles. The van der Waals surface area contributed by atoms with Crippen LogP contribution in [0.3, 0.4) is 0 Å². The van der Waals surface area contributed by atoms with Crippen LogP contribution in [0, 0.1) is 0 Å². The standard InChI is InChI=1S/C12H8BrClN2S2.C4H9NO/c13-8-6-18-12-9(4-10(14)16-11(8)12)15-5-7-2-1-3-17-7;5-4-1-2-6-3-4/h1-4,6H,5H2,(H,15,16);4H,1-3,5H2. The Morgan fingerprint density at radius 3 is 2.96 bits per heavy atom. The van der Waals surface area contributed by atoms with Crippen molar-refractivity contribution in [3.8, 4) is 0 Å². The molecule has 0 bridgehead atoms. The lowest BCUT2D eigenvalue weighted by Gasteiger charge is -2.06. The zero-order valence-electron chi connectivity index (χ0n) is 12.8. The first kappa shape index (κ1) is 18.1. The second-order valence-electron chi connectivity index (χ2n) is 5.31. The lowest BCUT2D eigenvalue weighted by molar-refractivity contribution is 0.194. The minimum Gasteiger partial charge on any atom is -0.380 e. The molecule has 24 heavy (non-hydrogen) atoms. The quantitative estimate of drug-likeness (QED) is 0.548. The van der Waals surface area contributed by atoms with Gasteiger partial charge in [-0.2, -0.15) is 0 Å². The van der Waals surface area contributed by atoms with Crippen molar-refractivity contribution in [1.82, 2.24) is 4.98 Å². The molecule has 1 unspecified atom stereocenters. The van der Waals surface area contributed by atoms with Crippen LogP contribution in [0.15, 0.2) is 33.4 Å². The minimum absolute atomic E-state index is 0.324. The Morgan fingerprint density at radius 1 is 1.46 bits per heavy atom. The van der Waals surface area contributed by atoms with E-state index in [1.54, 1.807) is 22.7 Å². The van der Waals surface area contributed by atoms with Crippen molar-refractivity contribution < 1.29 is 4.74 Å². The van der Waals surface area contributed by atoms with Crippen LogP contribution in [0.1, 0.15) is 11.3 Å². The number of ether oxygens (including phenoxy) is 1. The van der Waals surface area contributed by atoms with Crippen molar-refractivity contribution in [2.24, 2.45) is 5.73 Å². The van der Waals surface area contributed by atoms with Crippen molar-refractivity contribution in [2.75, 3.05) is 18.5 Å². The van der Waals surface area contributed by atoms with Crippen molar-refractivity contribution in [3.63, 3.8) is 0 Å². The number of hydrogen-bond donors (Lipinski definition) is 2. The summed E-state index contributed by atoms with van der Waals surface area (Å²) in [7, 11) is 0. The molecule has 8 heteroatoms. The fourth-order valence-corrected chi connectivity index (χ4v) is 4.62. The van der Waals surface area contributed by atoms with Crippen LogP contribution in [0.5, 0.6) is 0 Å². The minimum atomic E-state index is 0.324. The molecular formula is C16H17BrClN3OS2. The molecule has 1 fully saturated rings. The summed E-state index contributed by atoms with van der Waals surface area (Å²) in [4.78, 5) is 5.63. The van der Waals surface area contributed by atoms with Gasteiger partial charge in [-0.25, -0.2) is 4.98 Å². The van der Waals surface area contributed by atoms with E-state index in [4.69, 9.17) is 22.1 Å². The number of nitrogens with one attached hydrogen (secondary N) is 1. The van der Waals surface area contributed by atoms with Crippen molar-refractivity contribution >= 4 is 66.1 Å². The van der Waals surface area contributed by atoms with Gasteiger partial charge in [-0.05, 0) is 33.8 Å². The number of fused-ring (bicyclic) bond motifs is 1. The molecule has 0 aliphatic carbocycles. The summed E-state index contributed by atoms with van der Waals surface area (Å²) < 4.78 is 7.05. The predicted octanol–water partition coefficient (Wildman–Crippen LogP) is 5.12. The van der Waals surface area contributed by atoms with Gasteiger partial charge in [0.2, 0.25) is 0 Å². The average molecular weight is 447 g/mol. The summed E-state index contributed by atoms with van der Waals surface area (Å²) in [5.74, 6) is 0. The molecule has 3 N–H and O–H groups in total. The van der Waals surface area contributed by atoms with Gasteiger partial charge in [0.05, 0.1) is 27.0 Å². The van der Waals surface area contributed by atoms with Crippen LogP contribution >= 0.6 is 50.2 Å². The molecule has 0 aromatic carbocycles. The first-order chi connectivity index (χ1) is 11.6. The Balaban J connectivity index is 0.000000238. The molecule has 1 atom stereocenters. The summed E-state index contributed by atoms with van der Waals surface area (Å²) in [6.45, 7) is 2.43. The molecule has 0 spiro atoms. The van der Waals surface area contributed by atoms with Gasteiger partial charge in [-0.3, -0.25) is 0 Å². The molecule has 128 valence electrons. The normalized spacial score (nSPS) is 16.9. The van der Waals surface area contributed by atoms with E-state index >= 15 is 0 Å². The van der Waals surface area contributed by atoms with Crippen molar-refractivity contribution in [1.29, 1.82) is 0 Å². The Bertz CT molecular complexity index is 788. The van der Waals surface area contributed by atoms with Gasteiger partial charge >= 0.3 is 0 Å². The largest absolute Gasteiger partial charge is 0.380 e. The van der Waals surface area contributed by atoms with Gasteiger partial charge in [-0.15, -0.1) is 22.7 Å². The Kier molecular flexibility index (Phi) is 6.49. The van der Waals surface area contributed by atoms with Gasteiger partial charge in [0.25, 0.3) is 0 Å². The molecule has 1 aliphatic rings. The summed E-state index contributed by atoms with van der Waals surface area (Å²) in [5, 5.41) is 8.04. The van der Waals surface area contributed by atoms with Gasteiger partial charge in [-0.1, -0.05) is 17.7 Å². The van der Waals surface area contributed by atoms with E-state index in [1.807, 2.05) is 11.4 Å². The number of pyridine rings is 1. The zero-order valence-corrected chi connectivity index (χ0v) is 16.8. The van der Waals surface area contributed by atoms with Crippen LogP contribution in [0.25, 0.3) is 10.2 Å². The Labute approximate surface area is 162 Å². The second-order valence-corrected chi connectivity index (χ2v) is 8.46. The third-order valence-electron chi connectivity index (χ3n) is 3.45. The van der Waals surface area contributed by atoms with Crippen LogP contribution < -0.4 is 11.1 Å². The SMILES string of the molecule is Clc1cc(NCc2cccs2)c2scc(Br)c2n1.NC1CCOC1. The number of rotatable bonds is 3. The molecule has 1 aliphatic heterocycles. The molecule has 4 heterocycles. The molecule has 0 radical (unpaired) electrons. The predicted molar refractivity (Wildman–Crippen MR) is 107 cm³/mol. The summed E-state index contributed by atoms with van der Waals surface area (Å²) >= 11 is 12.9. The van der Waals surface area contributed by atoms with Crippen LogP contribution in [-0.2, 0) is 11.3 Å². The third kappa shape index (κ3) is 4.68. The van der Waals surface area contributed by atoms with Crippen LogP contribution in [-0.4, -0.2) is 24.2 Å². The highest BCUT2D eigenvalue weighted by Crippen LogP contribution is 2.35. The summed E-state index contributed by atoms with van der Waals surface area (Å²) in [5.41, 5.74) is 7.36. The van der Waals surface area contributed by atoms with Gasteiger partial charge in [0, 0.05) is 35.5 Å². The van der Waals surface area contributed by atoms with E-state index < -0.39 is 0 Å². The monoisotopic (exact) mass is 445 g/mol. The smallest absolute Gasteiger partial charge is 0.131 e. The Morgan fingerprint density at radius 2 is 2.33 bits per heavy atom. The fraction of sp³-hybridized carbons (Fsp3) is 0.312. The van der Waals surface area contributed by atoms with Crippen LogP contribution in [0.4, 0.5) is 5.69 Å². The van der Waals surface area contributed by atoms with E-state index in [2.05, 4.69) is 43.7 Å². The molecule has 4 rings (SSSR count). The van der Waals surface area contributed by atoms with E-state index in [1.165, 1.54) is 4.88 Å². The maximum atomic E-state index is 6.05. The maximum Gasteiger partial charge on any atom is 0.131 e.